The first kappa shape index (κ1) is 19.3. The highest BCUT2D eigenvalue weighted by Gasteiger charge is 2.51. The van der Waals surface area contributed by atoms with E-state index in [4.69, 9.17) is 11.6 Å². The normalized spacial score (nSPS) is 28.9. The lowest BCUT2D eigenvalue weighted by atomic mass is 9.49. The zero-order chi connectivity index (χ0) is 21.2. The molecule has 6 heteroatoms. The summed E-state index contributed by atoms with van der Waals surface area (Å²) < 4.78 is 0. The fourth-order valence-electron chi connectivity index (χ4n) is 6.93. The number of carbonyl (C=O) groups is 1. The summed E-state index contributed by atoms with van der Waals surface area (Å²) >= 11 is 5.99. The third-order valence-electron chi connectivity index (χ3n) is 7.76. The van der Waals surface area contributed by atoms with E-state index in [0.717, 1.165) is 45.7 Å². The molecule has 1 heterocycles. The number of aryl methyl sites for hydroxylation is 1. The molecule has 4 bridgehead atoms. The molecule has 5 nitrogen and oxygen atoms in total. The molecule has 4 aliphatic rings. The molecule has 0 spiro atoms. The summed E-state index contributed by atoms with van der Waals surface area (Å²) in [6, 6.07) is 11.4. The topological polar surface area (TPSA) is 59.8 Å². The Morgan fingerprint density at radius 1 is 1.03 bits per heavy atom. The fourth-order valence-corrected chi connectivity index (χ4v) is 7.06. The molecular formula is C25H27ClN4O. The predicted molar refractivity (Wildman–Crippen MR) is 122 cm³/mol. The highest BCUT2D eigenvalue weighted by atomic mass is 35.5. The van der Waals surface area contributed by atoms with E-state index in [1.54, 1.807) is 4.80 Å². The number of rotatable bonds is 4. The Morgan fingerprint density at radius 3 is 2.23 bits per heavy atom. The van der Waals surface area contributed by atoms with Crippen LogP contribution in [0.1, 0.15) is 50.5 Å². The maximum absolute atomic E-state index is 13.1. The SMILES string of the molecule is Cc1cc2nn(-c3ccc(Cl)cc3)nc2cc1NC(=O)CC12CC3CC(CC(C3)C1)C2. The van der Waals surface area contributed by atoms with Crippen molar-refractivity contribution in [1.29, 1.82) is 0 Å². The average Bonchev–Trinajstić information content (AvgIpc) is 3.10. The number of hydrogen-bond acceptors (Lipinski definition) is 3. The number of fused-ring (bicyclic) bond motifs is 1. The zero-order valence-corrected chi connectivity index (χ0v) is 18.5. The van der Waals surface area contributed by atoms with Crippen LogP contribution >= 0.6 is 11.6 Å². The molecule has 7 rings (SSSR count). The molecular weight excluding hydrogens is 408 g/mol. The van der Waals surface area contributed by atoms with E-state index < -0.39 is 0 Å². The van der Waals surface area contributed by atoms with Gasteiger partial charge in [-0.2, -0.15) is 4.80 Å². The number of carbonyl (C=O) groups excluding carboxylic acids is 1. The van der Waals surface area contributed by atoms with Gasteiger partial charge in [0.1, 0.15) is 11.0 Å². The third-order valence-corrected chi connectivity index (χ3v) is 8.01. The minimum Gasteiger partial charge on any atom is -0.326 e. The summed E-state index contributed by atoms with van der Waals surface area (Å²) in [4.78, 5) is 14.7. The minimum atomic E-state index is 0.148. The van der Waals surface area contributed by atoms with E-state index in [1.807, 2.05) is 43.3 Å². The first-order valence-electron chi connectivity index (χ1n) is 11.4. The molecule has 0 unspecified atom stereocenters. The summed E-state index contributed by atoms with van der Waals surface area (Å²) in [5, 5.41) is 13.1. The van der Waals surface area contributed by atoms with Gasteiger partial charge in [-0.25, -0.2) is 0 Å². The Morgan fingerprint density at radius 2 is 1.61 bits per heavy atom. The van der Waals surface area contributed by atoms with Gasteiger partial charge in [-0.1, -0.05) is 11.6 Å². The van der Waals surface area contributed by atoms with Crippen molar-refractivity contribution in [2.75, 3.05) is 5.32 Å². The second-order valence-corrected chi connectivity index (χ2v) is 10.7. The van der Waals surface area contributed by atoms with Crippen LogP contribution in [0.15, 0.2) is 36.4 Å². The van der Waals surface area contributed by atoms with Crippen LogP contribution in [0.5, 0.6) is 0 Å². The summed E-state index contributed by atoms with van der Waals surface area (Å²) in [6.07, 6.45) is 8.62. The van der Waals surface area contributed by atoms with E-state index in [0.29, 0.717) is 11.4 Å². The van der Waals surface area contributed by atoms with Crippen molar-refractivity contribution in [3.63, 3.8) is 0 Å². The largest absolute Gasteiger partial charge is 0.326 e. The Bertz CT molecular complexity index is 1130. The van der Waals surface area contributed by atoms with E-state index in [9.17, 15) is 4.79 Å². The van der Waals surface area contributed by atoms with E-state index in [-0.39, 0.29) is 11.3 Å². The molecule has 31 heavy (non-hydrogen) atoms. The Balaban J connectivity index is 1.22. The molecule has 0 radical (unpaired) electrons. The average molecular weight is 435 g/mol. The number of hydrogen-bond donors (Lipinski definition) is 1. The Labute approximate surface area is 187 Å². The van der Waals surface area contributed by atoms with Gasteiger partial charge in [-0.15, -0.1) is 10.2 Å². The molecule has 160 valence electrons. The number of nitrogens with zero attached hydrogens (tertiary/aromatic N) is 3. The summed E-state index contributed by atoms with van der Waals surface area (Å²) in [5.74, 6) is 2.73. The third kappa shape index (κ3) is 3.53. The van der Waals surface area contributed by atoms with Gasteiger partial charge in [0, 0.05) is 17.1 Å². The van der Waals surface area contributed by atoms with Crippen LogP contribution in [-0.2, 0) is 4.79 Å². The van der Waals surface area contributed by atoms with Crippen LogP contribution in [0.2, 0.25) is 5.02 Å². The summed E-state index contributed by atoms with van der Waals surface area (Å²) in [7, 11) is 0. The minimum absolute atomic E-state index is 0.148. The quantitative estimate of drug-likeness (QED) is 0.553. The lowest BCUT2D eigenvalue weighted by molar-refractivity contribution is -0.124. The van der Waals surface area contributed by atoms with Gasteiger partial charge in [-0.3, -0.25) is 4.79 Å². The number of halogens is 1. The molecule has 3 aromatic rings. The highest BCUT2D eigenvalue weighted by molar-refractivity contribution is 6.30. The van der Waals surface area contributed by atoms with Crippen molar-refractivity contribution in [3.8, 4) is 5.69 Å². The molecule has 2 aromatic carbocycles. The number of amides is 1. The standard InChI is InChI=1S/C25H27ClN4O/c1-15-6-22-23(29-30(28-22)20-4-2-19(26)3-5-20)10-21(15)27-24(31)14-25-11-16-7-17(12-25)9-18(8-16)13-25/h2-6,10,16-18H,7-9,11-14H2,1H3,(H,27,31). The van der Waals surface area contributed by atoms with E-state index in [2.05, 4.69) is 15.5 Å². The molecule has 4 fully saturated rings. The predicted octanol–water partition coefficient (Wildman–Crippen LogP) is 5.93. The van der Waals surface area contributed by atoms with Crippen molar-refractivity contribution in [2.45, 2.75) is 51.9 Å². The molecule has 0 saturated heterocycles. The van der Waals surface area contributed by atoms with Crippen LogP contribution in [0.4, 0.5) is 5.69 Å². The van der Waals surface area contributed by atoms with Crippen LogP contribution in [0.3, 0.4) is 0 Å². The number of nitrogens with one attached hydrogen (secondary N) is 1. The molecule has 4 aliphatic carbocycles. The first-order valence-corrected chi connectivity index (χ1v) is 11.8. The van der Waals surface area contributed by atoms with Gasteiger partial charge in [0.25, 0.3) is 0 Å². The van der Waals surface area contributed by atoms with Crippen molar-refractivity contribution in [2.24, 2.45) is 23.2 Å². The van der Waals surface area contributed by atoms with Crippen LogP contribution < -0.4 is 5.32 Å². The second-order valence-electron chi connectivity index (χ2n) is 10.3. The lowest BCUT2D eigenvalue weighted by Gasteiger charge is -2.56. The summed E-state index contributed by atoms with van der Waals surface area (Å²) in [6.45, 7) is 2.01. The van der Waals surface area contributed by atoms with Crippen LogP contribution in [0, 0.1) is 30.1 Å². The van der Waals surface area contributed by atoms with E-state index in [1.165, 1.54) is 38.5 Å². The lowest BCUT2D eigenvalue weighted by Crippen LogP contribution is -2.47. The van der Waals surface area contributed by atoms with Crippen molar-refractivity contribution in [1.82, 2.24) is 15.0 Å². The Hall–Kier alpha value is -2.40. The highest BCUT2D eigenvalue weighted by Crippen LogP contribution is 2.61. The van der Waals surface area contributed by atoms with Gasteiger partial charge in [-0.05, 0) is 111 Å². The molecule has 1 N–H and O–H groups in total. The van der Waals surface area contributed by atoms with Gasteiger partial charge >= 0.3 is 0 Å². The fraction of sp³-hybridized carbons (Fsp3) is 0.480. The monoisotopic (exact) mass is 434 g/mol. The molecule has 4 saturated carbocycles. The van der Waals surface area contributed by atoms with Gasteiger partial charge in [0.2, 0.25) is 5.91 Å². The van der Waals surface area contributed by atoms with Crippen molar-refractivity contribution >= 4 is 34.2 Å². The molecule has 1 aromatic heterocycles. The molecule has 0 atom stereocenters. The van der Waals surface area contributed by atoms with Crippen molar-refractivity contribution in [3.05, 3.63) is 47.0 Å². The molecule has 0 aliphatic heterocycles. The number of anilines is 1. The number of aromatic nitrogens is 3. The van der Waals surface area contributed by atoms with Gasteiger partial charge in [0.05, 0.1) is 5.69 Å². The van der Waals surface area contributed by atoms with Gasteiger partial charge in [0.15, 0.2) is 0 Å². The maximum atomic E-state index is 13.1. The summed E-state index contributed by atoms with van der Waals surface area (Å²) in [5.41, 5.74) is 4.52. The molecule has 1 amide bonds. The van der Waals surface area contributed by atoms with Crippen molar-refractivity contribution < 1.29 is 4.79 Å². The number of benzene rings is 2. The second kappa shape index (κ2) is 7.06. The van der Waals surface area contributed by atoms with Crippen LogP contribution in [0.25, 0.3) is 16.7 Å². The zero-order valence-electron chi connectivity index (χ0n) is 17.8. The Kier molecular flexibility index (Phi) is 4.39. The maximum Gasteiger partial charge on any atom is 0.224 e. The van der Waals surface area contributed by atoms with Crippen LogP contribution in [-0.4, -0.2) is 20.9 Å². The smallest absolute Gasteiger partial charge is 0.224 e. The van der Waals surface area contributed by atoms with Gasteiger partial charge < -0.3 is 5.32 Å². The first-order chi connectivity index (χ1) is 14.9. The van der Waals surface area contributed by atoms with E-state index >= 15 is 0 Å².